The summed E-state index contributed by atoms with van der Waals surface area (Å²) in [6.45, 7) is 1.50. The fraction of sp³-hybridized carbons (Fsp3) is 0.381. The molecule has 0 radical (unpaired) electrons. The van der Waals surface area contributed by atoms with E-state index in [0.717, 1.165) is 25.1 Å². The number of rotatable bonds is 6. The molecule has 1 saturated heterocycles. The quantitative estimate of drug-likeness (QED) is 0.573. The van der Waals surface area contributed by atoms with Crippen LogP contribution >= 0.6 is 0 Å². The number of fused-ring (bicyclic) bond motifs is 1. The summed E-state index contributed by atoms with van der Waals surface area (Å²) >= 11 is 0. The first-order valence-corrected chi connectivity index (χ1v) is 9.75. The predicted molar refractivity (Wildman–Crippen MR) is 108 cm³/mol. The van der Waals surface area contributed by atoms with Crippen LogP contribution in [-0.4, -0.2) is 42.2 Å². The standard InChI is InChI=1S/C21H23N3O6/c1-28-18-6-4-16(5-7-18)22-21(25)19-3-2-8-23(19)11-14-9-17(24(26)27)10-15-12-29-13-30-20(14)15/h4-7,9-10,19H,2-3,8,11-13H2,1H3,(H,22,25). The number of carbonyl (C=O) groups is 1. The molecule has 2 heterocycles. The van der Waals surface area contributed by atoms with E-state index >= 15 is 0 Å². The number of nitro groups is 1. The second-order valence-corrected chi connectivity index (χ2v) is 7.31. The fourth-order valence-corrected chi connectivity index (χ4v) is 3.93. The molecule has 1 atom stereocenters. The van der Waals surface area contributed by atoms with Crippen molar-refractivity contribution in [1.29, 1.82) is 0 Å². The van der Waals surface area contributed by atoms with E-state index in [1.54, 1.807) is 31.4 Å². The first-order chi connectivity index (χ1) is 14.5. The Kier molecular flexibility index (Phi) is 5.82. The zero-order valence-electron chi connectivity index (χ0n) is 16.6. The van der Waals surface area contributed by atoms with E-state index in [1.165, 1.54) is 12.1 Å². The van der Waals surface area contributed by atoms with E-state index in [2.05, 4.69) is 5.32 Å². The average Bonchev–Trinajstić information content (AvgIpc) is 3.22. The van der Waals surface area contributed by atoms with Crippen molar-refractivity contribution < 1.29 is 23.9 Å². The van der Waals surface area contributed by atoms with E-state index in [0.29, 0.717) is 29.1 Å². The van der Waals surface area contributed by atoms with Crippen molar-refractivity contribution in [1.82, 2.24) is 4.90 Å². The van der Waals surface area contributed by atoms with Crippen LogP contribution < -0.4 is 14.8 Å². The van der Waals surface area contributed by atoms with Gasteiger partial charge in [0.2, 0.25) is 5.91 Å². The van der Waals surface area contributed by atoms with Crippen LogP contribution in [0.3, 0.4) is 0 Å². The van der Waals surface area contributed by atoms with Gasteiger partial charge in [-0.2, -0.15) is 0 Å². The van der Waals surface area contributed by atoms with E-state index in [-0.39, 0.29) is 31.0 Å². The third-order valence-electron chi connectivity index (χ3n) is 5.38. The van der Waals surface area contributed by atoms with Crippen molar-refractivity contribution in [3.8, 4) is 11.5 Å². The van der Waals surface area contributed by atoms with Gasteiger partial charge < -0.3 is 19.5 Å². The zero-order valence-corrected chi connectivity index (χ0v) is 16.6. The zero-order chi connectivity index (χ0) is 21.1. The van der Waals surface area contributed by atoms with Crippen molar-refractivity contribution in [2.45, 2.75) is 32.0 Å². The molecule has 0 aliphatic carbocycles. The Hall–Kier alpha value is -3.17. The van der Waals surface area contributed by atoms with Crippen molar-refractivity contribution >= 4 is 17.3 Å². The van der Waals surface area contributed by atoms with Gasteiger partial charge in [-0.15, -0.1) is 0 Å². The van der Waals surface area contributed by atoms with Crippen molar-refractivity contribution in [3.63, 3.8) is 0 Å². The van der Waals surface area contributed by atoms with Crippen LogP contribution in [0.15, 0.2) is 36.4 Å². The number of benzene rings is 2. The largest absolute Gasteiger partial charge is 0.497 e. The number of non-ortho nitro benzene ring substituents is 1. The minimum atomic E-state index is -0.420. The summed E-state index contributed by atoms with van der Waals surface area (Å²) < 4.78 is 16.0. The van der Waals surface area contributed by atoms with Gasteiger partial charge in [-0.25, -0.2) is 0 Å². The van der Waals surface area contributed by atoms with E-state index in [1.807, 2.05) is 4.90 Å². The third kappa shape index (κ3) is 4.22. The van der Waals surface area contributed by atoms with Gasteiger partial charge in [-0.1, -0.05) is 0 Å². The first-order valence-electron chi connectivity index (χ1n) is 9.75. The second-order valence-electron chi connectivity index (χ2n) is 7.31. The number of nitro benzene ring substituents is 1. The number of anilines is 1. The molecular formula is C21H23N3O6. The molecule has 0 saturated carbocycles. The van der Waals surface area contributed by atoms with Crippen molar-refractivity contribution in [2.24, 2.45) is 0 Å². The third-order valence-corrected chi connectivity index (χ3v) is 5.38. The van der Waals surface area contributed by atoms with Crippen molar-refractivity contribution in [3.05, 3.63) is 57.6 Å². The van der Waals surface area contributed by atoms with Crippen LogP contribution in [0.25, 0.3) is 0 Å². The number of amides is 1. The van der Waals surface area contributed by atoms with E-state index in [9.17, 15) is 14.9 Å². The molecular weight excluding hydrogens is 390 g/mol. The summed E-state index contributed by atoms with van der Waals surface area (Å²) in [7, 11) is 1.59. The Labute approximate surface area is 173 Å². The number of hydrogen-bond donors (Lipinski definition) is 1. The molecule has 30 heavy (non-hydrogen) atoms. The molecule has 158 valence electrons. The van der Waals surface area contributed by atoms with Crippen LogP contribution in [0, 0.1) is 10.1 Å². The highest BCUT2D eigenvalue weighted by molar-refractivity contribution is 5.95. The summed E-state index contributed by atoms with van der Waals surface area (Å²) in [6.07, 6.45) is 1.60. The number of hydrogen-bond acceptors (Lipinski definition) is 7. The number of nitrogens with zero attached hydrogens (tertiary/aromatic N) is 2. The van der Waals surface area contributed by atoms with Crippen LogP contribution in [0.1, 0.15) is 24.0 Å². The number of likely N-dealkylation sites (tertiary alicyclic amines) is 1. The molecule has 1 fully saturated rings. The Balaban J connectivity index is 1.51. The Morgan fingerprint density at radius 2 is 2.13 bits per heavy atom. The summed E-state index contributed by atoms with van der Waals surface area (Å²) in [5, 5.41) is 14.3. The van der Waals surface area contributed by atoms with Gasteiger partial charge in [0.1, 0.15) is 11.5 Å². The highest BCUT2D eigenvalue weighted by Gasteiger charge is 2.32. The molecule has 0 aromatic heterocycles. The smallest absolute Gasteiger partial charge is 0.270 e. The maximum Gasteiger partial charge on any atom is 0.270 e. The molecule has 9 nitrogen and oxygen atoms in total. The van der Waals surface area contributed by atoms with Crippen molar-refractivity contribution in [2.75, 3.05) is 25.8 Å². The molecule has 0 bridgehead atoms. The number of carbonyl (C=O) groups excluding carboxylic acids is 1. The van der Waals surface area contributed by atoms with Gasteiger partial charge in [0, 0.05) is 35.5 Å². The number of methoxy groups -OCH3 is 1. The summed E-state index contributed by atoms with van der Waals surface area (Å²) in [5.41, 5.74) is 2.05. The van der Waals surface area contributed by atoms with Crippen LogP contribution in [0.5, 0.6) is 11.5 Å². The highest BCUT2D eigenvalue weighted by atomic mass is 16.7. The lowest BCUT2D eigenvalue weighted by molar-refractivity contribution is -0.385. The normalized spacial score (nSPS) is 18.4. The molecule has 9 heteroatoms. The number of nitrogens with one attached hydrogen (secondary N) is 1. The molecule has 0 spiro atoms. The fourth-order valence-electron chi connectivity index (χ4n) is 3.93. The van der Waals surface area contributed by atoms with Crippen LogP contribution in [0.2, 0.25) is 0 Å². The van der Waals surface area contributed by atoms with Gasteiger partial charge in [0.25, 0.3) is 5.69 Å². The minimum absolute atomic E-state index is 0.00344. The average molecular weight is 413 g/mol. The van der Waals surface area contributed by atoms with E-state index < -0.39 is 4.92 Å². The molecule has 2 aromatic rings. The lowest BCUT2D eigenvalue weighted by atomic mass is 10.1. The first kappa shape index (κ1) is 20.1. The molecule has 1 unspecified atom stereocenters. The second kappa shape index (κ2) is 8.68. The lowest BCUT2D eigenvalue weighted by Gasteiger charge is -2.26. The lowest BCUT2D eigenvalue weighted by Crippen LogP contribution is -2.39. The van der Waals surface area contributed by atoms with Gasteiger partial charge >= 0.3 is 0 Å². The van der Waals surface area contributed by atoms with Gasteiger partial charge in [-0.3, -0.25) is 19.8 Å². The summed E-state index contributed by atoms with van der Waals surface area (Å²) in [4.78, 5) is 25.8. The molecule has 1 amide bonds. The van der Waals surface area contributed by atoms with E-state index in [4.69, 9.17) is 14.2 Å². The topological polar surface area (TPSA) is 103 Å². The Morgan fingerprint density at radius 1 is 1.33 bits per heavy atom. The maximum atomic E-state index is 12.9. The SMILES string of the molecule is COc1ccc(NC(=O)C2CCCN2Cc2cc([N+](=O)[O-])cc3c2OCOC3)cc1. The van der Waals surface area contributed by atoms with Crippen LogP contribution in [0.4, 0.5) is 11.4 Å². The van der Waals surface area contributed by atoms with Crippen LogP contribution in [-0.2, 0) is 22.7 Å². The predicted octanol–water partition coefficient (Wildman–Crippen LogP) is 3.07. The van der Waals surface area contributed by atoms with Gasteiger partial charge in [0.05, 0.1) is 24.7 Å². The molecule has 4 rings (SSSR count). The maximum absolute atomic E-state index is 12.9. The van der Waals surface area contributed by atoms with Gasteiger partial charge in [-0.05, 0) is 43.7 Å². The Bertz CT molecular complexity index is 947. The molecule has 1 N–H and O–H groups in total. The minimum Gasteiger partial charge on any atom is -0.497 e. The summed E-state index contributed by atoms with van der Waals surface area (Å²) in [6, 6.07) is 9.85. The summed E-state index contributed by atoms with van der Waals surface area (Å²) in [5.74, 6) is 1.24. The Morgan fingerprint density at radius 3 is 2.87 bits per heavy atom. The molecule has 2 aromatic carbocycles. The monoisotopic (exact) mass is 413 g/mol. The number of ether oxygens (including phenoxy) is 3. The molecule has 2 aliphatic rings. The van der Waals surface area contributed by atoms with Gasteiger partial charge in [0.15, 0.2) is 6.79 Å². The molecule has 2 aliphatic heterocycles. The highest BCUT2D eigenvalue weighted by Crippen LogP contribution is 2.35.